The quantitative estimate of drug-likeness (QED) is 0.291. The van der Waals surface area contributed by atoms with Crippen molar-refractivity contribution in [3.05, 3.63) is 99.9 Å². The normalized spacial score (nSPS) is 16.5. The van der Waals surface area contributed by atoms with Gasteiger partial charge in [-0.15, -0.1) is 0 Å². The number of benzene rings is 2. The Kier molecular flexibility index (Phi) is 6.17. The van der Waals surface area contributed by atoms with Gasteiger partial charge in [0, 0.05) is 41.9 Å². The average molecular weight is 595 g/mol. The Hall–Kier alpha value is -3.79. The summed E-state index contributed by atoms with van der Waals surface area (Å²) in [6.45, 7) is 0.794. The molecule has 39 heavy (non-hydrogen) atoms. The number of carbonyl (C=O) groups is 2. The van der Waals surface area contributed by atoms with E-state index in [1.807, 2.05) is 18.2 Å². The molecule has 0 unspecified atom stereocenters. The average Bonchev–Trinajstić information content (AvgIpc) is 3.49. The third kappa shape index (κ3) is 4.46. The Labute approximate surface area is 230 Å². The van der Waals surface area contributed by atoms with Gasteiger partial charge in [-0.1, -0.05) is 22.0 Å². The van der Waals surface area contributed by atoms with Crippen molar-refractivity contribution in [3.63, 3.8) is 0 Å². The maximum atomic E-state index is 13.6. The zero-order chi connectivity index (χ0) is 27.4. The number of aromatic nitrogens is 3. The Balaban J connectivity index is 1.30. The van der Waals surface area contributed by atoms with E-state index >= 15 is 0 Å². The van der Waals surface area contributed by atoms with E-state index in [1.165, 1.54) is 16.8 Å². The fraction of sp³-hybridized carbons (Fsp3) is 0.241. The second-order valence-electron chi connectivity index (χ2n) is 9.88. The van der Waals surface area contributed by atoms with Gasteiger partial charge in [-0.05, 0) is 78.6 Å². The van der Waals surface area contributed by atoms with Crippen LogP contribution < -0.4 is 0 Å². The molecular formula is C29H22BrF3N4O2. The van der Waals surface area contributed by atoms with Gasteiger partial charge in [-0.2, -0.15) is 18.3 Å². The first-order chi connectivity index (χ1) is 18.7. The lowest BCUT2D eigenvalue weighted by Crippen LogP contribution is -2.47. The molecule has 4 aromatic rings. The van der Waals surface area contributed by atoms with Crippen LogP contribution >= 0.6 is 15.9 Å². The van der Waals surface area contributed by atoms with Gasteiger partial charge in [0.25, 0.3) is 5.91 Å². The SMILES string of the molecule is O=C(c1cc(-c2ccncc2)n(-c2ccc(C(F)(F)F)cc2)n1)N1CCC2(CC1)C(=O)Cc1ccc(Br)cc12. The molecule has 198 valence electrons. The largest absolute Gasteiger partial charge is 0.416 e. The number of alkyl halides is 3. The first-order valence-electron chi connectivity index (χ1n) is 12.5. The van der Waals surface area contributed by atoms with Gasteiger partial charge in [0.15, 0.2) is 5.69 Å². The molecule has 1 fully saturated rings. The van der Waals surface area contributed by atoms with Crippen molar-refractivity contribution >= 4 is 27.6 Å². The molecule has 1 aliphatic carbocycles. The molecule has 1 saturated heterocycles. The fourth-order valence-corrected chi connectivity index (χ4v) is 6.01. The van der Waals surface area contributed by atoms with E-state index in [0.29, 0.717) is 49.3 Å². The molecule has 0 N–H and O–H groups in total. The van der Waals surface area contributed by atoms with Crippen LogP contribution in [0.4, 0.5) is 13.2 Å². The molecule has 2 aromatic heterocycles. The lowest BCUT2D eigenvalue weighted by atomic mass is 9.73. The van der Waals surface area contributed by atoms with Gasteiger partial charge in [-0.3, -0.25) is 14.6 Å². The first-order valence-corrected chi connectivity index (χ1v) is 13.2. The predicted molar refractivity (Wildman–Crippen MR) is 141 cm³/mol. The second kappa shape index (κ2) is 9.44. The number of carbonyl (C=O) groups excluding carboxylic acids is 2. The topological polar surface area (TPSA) is 68.1 Å². The Bertz CT molecular complexity index is 1570. The Morgan fingerprint density at radius 2 is 1.64 bits per heavy atom. The van der Waals surface area contributed by atoms with E-state index in [0.717, 1.165) is 27.7 Å². The van der Waals surface area contributed by atoms with E-state index < -0.39 is 17.2 Å². The molecule has 3 heterocycles. The van der Waals surface area contributed by atoms with Crippen molar-refractivity contribution < 1.29 is 22.8 Å². The van der Waals surface area contributed by atoms with Crippen LogP contribution in [0.1, 0.15) is 40.0 Å². The van der Waals surface area contributed by atoms with Crippen molar-refractivity contribution in [2.45, 2.75) is 30.9 Å². The minimum Gasteiger partial charge on any atom is -0.337 e. The number of halogens is 4. The number of hydrogen-bond donors (Lipinski definition) is 0. The number of nitrogens with zero attached hydrogens (tertiary/aromatic N) is 4. The van der Waals surface area contributed by atoms with Crippen molar-refractivity contribution in [2.24, 2.45) is 0 Å². The highest BCUT2D eigenvalue weighted by atomic mass is 79.9. The molecular weight excluding hydrogens is 573 g/mol. The first kappa shape index (κ1) is 25.5. The molecule has 0 bridgehead atoms. The van der Waals surface area contributed by atoms with Crippen LogP contribution in [0.2, 0.25) is 0 Å². The summed E-state index contributed by atoms with van der Waals surface area (Å²) in [5.41, 5.74) is 2.58. The minimum absolute atomic E-state index is 0.179. The van der Waals surface area contributed by atoms with Crippen LogP contribution in [0.15, 0.2) is 77.5 Å². The monoisotopic (exact) mass is 594 g/mol. The summed E-state index contributed by atoms with van der Waals surface area (Å²) in [5, 5.41) is 4.53. The smallest absolute Gasteiger partial charge is 0.337 e. The maximum Gasteiger partial charge on any atom is 0.416 e. The van der Waals surface area contributed by atoms with E-state index in [2.05, 4.69) is 26.0 Å². The third-order valence-electron chi connectivity index (χ3n) is 7.72. The molecule has 2 aliphatic rings. The third-order valence-corrected chi connectivity index (χ3v) is 8.21. The molecule has 0 saturated carbocycles. The molecule has 1 spiro atoms. The van der Waals surface area contributed by atoms with Gasteiger partial charge in [-0.25, -0.2) is 4.68 Å². The molecule has 10 heteroatoms. The minimum atomic E-state index is -4.46. The Morgan fingerprint density at radius 3 is 2.31 bits per heavy atom. The molecule has 2 aromatic carbocycles. The maximum absolute atomic E-state index is 13.6. The molecule has 1 amide bonds. The van der Waals surface area contributed by atoms with Crippen LogP contribution in [0.5, 0.6) is 0 Å². The molecule has 0 atom stereocenters. The van der Waals surface area contributed by atoms with Gasteiger partial charge >= 0.3 is 6.18 Å². The van der Waals surface area contributed by atoms with Crippen LogP contribution in [0.25, 0.3) is 16.9 Å². The summed E-state index contributed by atoms with van der Waals surface area (Å²) in [7, 11) is 0. The van der Waals surface area contributed by atoms with E-state index in [9.17, 15) is 22.8 Å². The van der Waals surface area contributed by atoms with Crippen molar-refractivity contribution in [1.82, 2.24) is 19.7 Å². The number of pyridine rings is 1. The fourth-order valence-electron chi connectivity index (χ4n) is 5.64. The van der Waals surface area contributed by atoms with E-state index in [-0.39, 0.29) is 17.4 Å². The molecule has 1 aliphatic heterocycles. The lowest BCUT2D eigenvalue weighted by molar-refractivity contribution is -0.137. The second-order valence-corrected chi connectivity index (χ2v) is 10.8. The predicted octanol–water partition coefficient (Wildman–Crippen LogP) is 6.01. The van der Waals surface area contributed by atoms with Crippen LogP contribution in [-0.2, 0) is 22.8 Å². The number of Topliss-reactive ketones (excluding diaryl/α,β-unsaturated/α-hetero) is 1. The highest BCUT2D eigenvalue weighted by molar-refractivity contribution is 9.10. The number of likely N-dealkylation sites (tertiary alicyclic amines) is 1. The highest BCUT2D eigenvalue weighted by Gasteiger charge is 2.48. The van der Waals surface area contributed by atoms with Crippen LogP contribution in [0, 0.1) is 0 Å². The number of amides is 1. The molecule has 0 radical (unpaired) electrons. The zero-order valence-corrected chi connectivity index (χ0v) is 22.2. The van der Waals surface area contributed by atoms with Crippen molar-refractivity contribution in [2.75, 3.05) is 13.1 Å². The zero-order valence-electron chi connectivity index (χ0n) is 20.6. The number of fused-ring (bicyclic) bond motifs is 2. The van der Waals surface area contributed by atoms with E-state index in [4.69, 9.17) is 0 Å². The van der Waals surface area contributed by atoms with E-state index in [1.54, 1.807) is 35.5 Å². The Morgan fingerprint density at radius 1 is 0.949 bits per heavy atom. The summed E-state index contributed by atoms with van der Waals surface area (Å²) in [4.78, 5) is 32.4. The van der Waals surface area contributed by atoms with Crippen LogP contribution in [0.3, 0.4) is 0 Å². The van der Waals surface area contributed by atoms with Gasteiger partial charge in [0.1, 0.15) is 5.78 Å². The number of ketones is 1. The molecule has 6 nitrogen and oxygen atoms in total. The summed E-state index contributed by atoms with van der Waals surface area (Å²) < 4.78 is 41.7. The summed E-state index contributed by atoms with van der Waals surface area (Å²) in [5.74, 6) is -0.0972. The number of rotatable bonds is 3. The van der Waals surface area contributed by atoms with Crippen molar-refractivity contribution in [1.29, 1.82) is 0 Å². The molecule has 6 rings (SSSR count). The van der Waals surface area contributed by atoms with Gasteiger partial charge in [0.2, 0.25) is 0 Å². The van der Waals surface area contributed by atoms with Gasteiger partial charge < -0.3 is 4.90 Å². The summed E-state index contributed by atoms with van der Waals surface area (Å²) >= 11 is 3.52. The van der Waals surface area contributed by atoms with Crippen LogP contribution in [-0.4, -0.2) is 44.4 Å². The van der Waals surface area contributed by atoms with Crippen molar-refractivity contribution in [3.8, 4) is 16.9 Å². The summed E-state index contributed by atoms with van der Waals surface area (Å²) in [6.07, 6.45) is 0.194. The van der Waals surface area contributed by atoms with Gasteiger partial charge in [0.05, 0.1) is 22.4 Å². The number of piperidine rings is 1. The highest BCUT2D eigenvalue weighted by Crippen LogP contribution is 2.45. The summed E-state index contributed by atoms with van der Waals surface area (Å²) in [6, 6.07) is 15.7. The lowest BCUT2D eigenvalue weighted by Gasteiger charge is -2.38. The standard InChI is InChI=1S/C29H22BrF3N4O2/c30-21-4-1-19-15-26(38)28(23(19)16-21)9-13-36(14-10-28)27(39)24-17-25(18-7-11-34-12-8-18)37(35-24)22-5-2-20(3-6-22)29(31,32)33/h1-8,11-12,16-17H,9-10,13-15H2. The number of hydrogen-bond acceptors (Lipinski definition) is 4.